The summed E-state index contributed by atoms with van der Waals surface area (Å²) in [6, 6.07) is 12.6. The first-order chi connectivity index (χ1) is 13.1. The van der Waals surface area contributed by atoms with E-state index in [0.717, 1.165) is 23.6 Å². The second-order valence-corrected chi connectivity index (χ2v) is 7.66. The van der Waals surface area contributed by atoms with Crippen molar-refractivity contribution in [1.29, 1.82) is 0 Å². The smallest absolute Gasteiger partial charge is 0.251 e. The average molecular weight is 363 g/mol. The van der Waals surface area contributed by atoms with Gasteiger partial charge in [-0.1, -0.05) is 30.3 Å². The number of hydrogen-bond donors (Lipinski definition) is 1. The Morgan fingerprint density at radius 2 is 1.74 bits per heavy atom. The van der Waals surface area contributed by atoms with Crippen LogP contribution in [0.2, 0.25) is 0 Å². The van der Waals surface area contributed by atoms with Gasteiger partial charge in [0.15, 0.2) is 0 Å². The molecule has 6 nitrogen and oxygen atoms in total. The van der Waals surface area contributed by atoms with Crippen molar-refractivity contribution in [3.63, 3.8) is 0 Å². The van der Waals surface area contributed by atoms with E-state index in [1.807, 2.05) is 42.5 Å². The normalized spacial score (nSPS) is 27.0. The molecule has 5 rings (SSSR count). The molecule has 0 radical (unpaired) electrons. The lowest BCUT2D eigenvalue weighted by Gasteiger charge is -2.38. The third-order valence-corrected chi connectivity index (χ3v) is 6.04. The zero-order chi connectivity index (χ0) is 18.5. The van der Waals surface area contributed by atoms with Crippen LogP contribution in [0.3, 0.4) is 0 Å². The minimum Gasteiger partial charge on any atom is -0.347 e. The number of hydrogen-bond acceptors (Lipinski definition) is 3. The average Bonchev–Trinajstić information content (AvgIpc) is 3.33. The monoisotopic (exact) mass is 363 g/mol. The van der Waals surface area contributed by atoms with Crippen LogP contribution in [0.4, 0.5) is 0 Å². The molecule has 2 aromatic rings. The molecule has 0 spiro atoms. The van der Waals surface area contributed by atoms with Crippen LogP contribution < -0.4 is 5.32 Å². The SMILES string of the molecule is O=C(N[C@H]1C[C@H]2C(=O)N3CCC[C@H]3C(=O)N2C1)c1ccc2ccccc2c1. The van der Waals surface area contributed by atoms with Crippen LogP contribution >= 0.6 is 0 Å². The molecule has 27 heavy (non-hydrogen) atoms. The summed E-state index contributed by atoms with van der Waals surface area (Å²) >= 11 is 0. The number of nitrogens with zero attached hydrogens (tertiary/aromatic N) is 2. The van der Waals surface area contributed by atoms with Crippen LogP contribution in [-0.4, -0.2) is 58.7 Å². The number of rotatable bonds is 2. The molecular weight excluding hydrogens is 342 g/mol. The van der Waals surface area contributed by atoms with Gasteiger partial charge in [-0.2, -0.15) is 0 Å². The Morgan fingerprint density at radius 1 is 0.963 bits per heavy atom. The second kappa shape index (κ2) is 6.08. The van der Waals surface area contributed by atoms with Gasteiger partial charge in [-0.25, -0.2) is 0 Å². The van der Waals surface area contributed by atoms with E-state index in [2.05, 4.69) is 5.32 Å². The summed E-state index contributed by atoms with van der Waals surface area (Å²) in [5.41, 5.74) is 0.594. The topological polar surface area (TPSA) is 69.7 Å². The van der Waals surface area contributed by atoms with Gasteiger partial charge < -0.3 is 15.1 Å². The molecule has 1 N–H and O–H groups in total. The Kier molecular flexibility index (Phi) is 3.67. The van der Waals surface area contributed by atoms with Crippen molar-refractivity contribution in [3.8, 4) is 0 Å². The van der Waals surface area contributed by atoms with Gasteiger partial charge >= 0.3 is 0 Å². The number of benzene rings is 2. The standard InChI is InChI=1S/C21H21N3O3/c25-19(15-8-7-13-4-1-2-5-14(13)10-15)22-16-11-18-21(27)23-9-3-6-17(23)20(26)24(18)12-16/h1-2,4-5,7-8,10,16-18H,3,6,9,11-12H2,(H,22,25)/t16-,17-,18-/m0/s1. The maximum atomic E-state index is 12.7. The van der Waals surface area contributed by atoms with Crippen molar-refractivity contribution in [2.75, 3.05) is 13.1 Å². The van der Waals surface area contributed by atoms with E-state index in [1.165, 1.54) is 0 Å². The fraction of sp³-hybridized carbons (Fsp3) is 0.381. The first-order valence-electron chi connectivity index (χ1n) is 9.52. The largest absolute Gasteiger partial charge is 0.347 e. The minimum atomic E-state index is -0.422. The minimum absolute atomic E-state index is 0.0413. The Balaban J connectivity index is 1.32. The number of piperazine rings is 1. The van der Waals surface area contributed by atoms with Crippen LogP contribution in [0.25, 0.3) is 10.8 Å². The molecule has 3 aliphatic heterocycles. The molecule has 3 fully saturated rings. The van der Waals surface area contributed by atoms with E-state index in [1.54, 1.807) is 9.80 Å². The van der Waals surface area contributed by atoms with Gasteiger partial charge in [0.2, 0.25) is 11.8 Å². The molecule has 3 atom stereocenters. The Labute approximate surface area is 157 Å². The third-order valence-electron chi connectivity index (χ3n) is 6.04. The predicted molar refractivity (Wildman–Crippen MR) is 100 cm³/mol. The number of carbonyl (C=O) groups excluding carboxylic acids is 3. The molecule has 0 aliphatic carbocycles. The summed E-state index contributed by atoms with van der Waals surface area (Å²) in [6.07, 6.45) is 2.14. The van der Waals surface area contributed by atoms with Crippen molar-refractivity contribution in [1.82, 2.24) is 15.1 Å². The lowest BCUT2D eigenvalue weighted by Crippen LogP contribution is -2.60. The summed E-state index contributed by atoms with van der Waals surface area (Å²) in [4.78, 5) is 41.5. The van der Waals surface area contributed by atoms with E-state index in [0.29, 0.717) is 25.1 Å². The number of fused-ring (bicyclic) bond motifs is 3. The Hall–Kier alpha value is -2.89. The molecule has 0 unspecified atom stereocenters. The van der Waals surface area contributed by atoms with Crippen LogP contribution in [0.15, 0.2) is 42.5 Å². The highest BCUT2D eigenvalue weighted by atomic mass is 16.2. The quantitative estimate of drug-likeness (QED) is 0.880. The number of nitrogens with one attached hydrogen (secondary N) is 1. The fourth-order valence-electron chi connectivity index (χ4n) is 4.69. The first-order valence-corrected chi connectivity index (χ1v) is 9.52. The molecule has 0 bridgehead atoms. The highest BCUT2D eigenvalue weighted by Gasteiger charge is 2.51. The van der Waals surface area contributed by atoms with Gasteiger partial charge in [0.05, 0.1) is 0 Å². The van der Waals surface area contributed by atoms with E-state index < -0.39 is 6.04 Å². The van der Waals surface area contributed by atoms with Gasteiger partial charge in [0.25, 0.3) is 5.91 Å². The second-order valence-electron chi connectivity index (χ2n) is 7.66. The van der Waals surface area contributed by atoms with Gasteiger partial charge in [0, 0.05) is 24.7 Å². The zero-order valence-corrected chi connectivity index (χ0v) is 14.9. The zero-order valence-electron chi connectivity index (χ0n) is 14.9. The molecule has 0 saturated carbocycles. The highest BCUT2D eigenvalue weighted by Crippen LogP contribution is 2.32. The van der Waals surface area contributed by atoms with Crippen molar-refractivity contribution in [2.24, 2.45) is 0 Å². The van der Waals surface area contributed by atoms with E-state index in [4.69, 9.17) is 0 Å². The molecule has 138 valence electrons. The third kappa shape index (κ3) is 2.59. The van der Waals surface area contributed by atoms with Crippen molar-refractivity contribution >= 4 is 28.5 Å². The van der Waals surface area contributed by atoms with Crippen LogP contribution in [-0.2, 0) is 9.59 Å². The Morgan fingerprint density at radius 3 is 2.59 bits per heavy atom. The van der Waals surface area contributed by atoms with Gasteiger partial charge in [-0.15, -0.1) is 0 Å². The van der Waals surface area contributed by atoms with Crippen molar-refractivity contribution in [2.45, 2.75) is 37.4 Å². The molecule has 3 saturated heterocycles. The lowest BCUT2D eigenvalue weighted by molar-refractivity contribution is -0.156. The number of amides is 3. The summed E-state index contributed by atoms with van der Waals surface area (Å²) in [5.74, 6) is -0.0786. The predicted octanol–water partition coefficient (Wildman–Crippen LogP) is 1.54. The summed E-state index contributed by atoms with van der Waals surface area (Å²) < 4.78 is 0. The molecular formula is C21H21N3O3. The molecule has 0 aromatic heterocycles. The van der Waals surface area contributed by atoms with Crippen LogP contribution in [0.5, 0.6) is 0 Å². The van der Waals surface area contributed by atoms with Gasteiger partial charge in [-0.3, -0.25) is 14.4 Å². The molecule has 6 heteroatoms. The van der Waals surface area contributed by atoms with Crippen LogP contribution in [0, 0.1) is 0 Å². The van der Waals surface area contributed by atoms with E-state index in [9.17, 15) is 14.4 Å². The van der Waals surface area contributed by atoms with E-state index >= 15 is 0 Å². The summed E-state index contributed by atoms with van der Waals surface area (Å²) in [6.45, 7) is 1.09. The van der Waals surface area contributed by atoms with Crippen LogP contribution in [0.1, 0.15) is 29.6 Å². The molecule has 2 aromatic carbocycles. The highest BCUT2D eigenvalue weighted by molar-refractivity contribution is 6.00. The first kappa shape index (κ1) is 16.3. The summed E-state index contributed by atoms with van der Waals surface area (Å²) in [5, 5.41) is 5.12. The number of carbonyl (C=O) groups is 3. The fourth-order valence-corrected chi connectivity index (χ4v) is 4.69. The van der Waals surface area contributed by atoms with E-state index in [-0.39, 0.29) is 29.8 Å². The van der Waals surface area contributed by atoms with Crippen molar-refractivity contribution < 1.29 is 14.4 Å². The molecule has 3 aliphatic rings. The maximum absolute atomic E-state index is 12.7. The Bertz CT molecular complexity index is 927. The lowest BCUT2D eigenvalue weighted by atomic mass is 10.0. The molecule has 3 amide bonds. The van der Waals surface area contributed by atoms with Gasteiger partial charge in [-0.05, 0) is 42.2 Å². The molecule has 3 heterocycles. The van der Waals surface area contributed by atoms with Crippen molar-refractivity contribution in [3.05, 3.63) is 48.0 Å². The maximum Gasteiger partial charge on any atom is 0.251 e. The summed E-state index contributed by atoms with van der Waals surface area (Å²) in [7, 11) is 0. The van der Waals surface area contributed by atoms with Gasteiger partial charge in [0.1, 0.15) is 12.1 Å².